The van der Waals surface area contributed by atoms with E-state index in [0.717, 1.165) is 12.8 Å². The molecule has 0 aromatic carbocycles. The third-order valence-electron chi connectivity index (χ3n) is 2.63. The Hall–Kier alpha value is -1.06. The van der Waals surface area contributed by atoms with Gasteiger partial charge in [0.1, 0.15) is 6.04 Å². The lowest BCUT2D eigenvalue weighted by atomic mass is 10.0. The molecule has 1 amide bonds. The van der Waals surface area contributed by atoms with E-state index < -0.39 is 12.0 Å². The van der Waals surface area contributed by atoms with Crippen LogP contribution in [0.4, 0.5) is 0 Å². The highest BCUT2D eigenvalue weighted by Crippen LogP contribution is 2.12. The zero-order valence-corrected chi connectivity index (χ0v) is 9.99. The number of nitrogens with zero attached hydrogens (tertiary/aromatic N) is 1. The monoisotopic (exact) mass is 215 g/mol. The maximum atomic E-state index is 11.8. The van der Waals surface area contributed by atoms with Gasteiger partial charge in [0, 0.05) is 13.0 Å². The smallest absolute Gasteiger partial charge is 0.326 e. The molecular weight excluding hydrogens is 194 g/mol. The first-order valence-electron chi connectivity index (χ1n) is 5.45. The molecule has 0 aliphatic heterocycles. The van der Waals surface area contributed by atoms with Crippen LogP contribution in [0.25, 0.3) is 0 Å². The Kier molecular flexibility index (Phi) is 5.97. The fourth-order valence-corrected chi connectivity index (χ4v) is 1.67. The normalized spacial score (nSPS) is 14.4. The topological polar surface area (TPSA) is 57.6 Å². The minimum absolute atomic E-state index is 0.0777. The average Bonchev–Trinajstić information content (AvgIpc) is 2.17. The third kappa shape index (κ3) is 3.90. The van der Waals surface area contributed by atoms with Crippen LogP contribution < -0.4 is 0 Å². The summed E-state index contributed by atoms with van der Waals surface area (Å²) >= 11 is 0. The largest absolute Gasteiger partial charge is 0.480 e. The van der Waals surface area contributed by atoms with Crippen molar-refractivity contribution in [1.82, 2.24) is 4.90 Å². The molecule has 0 aromatic heterocycles. The number of hydrogen-bond acceptors (Lipinski definition) is 2. The predicted octanol–water partition coefficient (Wildman–Crippen LogP) is 1.74. The molecule has 0 bridgehead atoms. The SMILES string of the molecule is CCCC(C)C(=O)N(C)C(CC)C(=O)O. The van der Waals surface area contributed by atoms with E-state index in [-0.39, 0.29) is 11.8 Å². The molecule has 0 aliphatic rings. The Morgan fingerprint density at radius 1 is 1.33 bits per heavy atom. The second-order valence-electron chi connectivity index (χ2n) is 3.90. The molecule has 0 saturated carbocycles. The molecule has 88 valence electrons. The van der Waals surface area contributed by atoms with Crippen LogP contribution in [-0.4, -0.2) is 35.0 Å². The zero-order valence-electron chi connectivity index (χ0n) is 9.99. The summed E-state index contributed by atoms with van der Waals surface area (Å²) < 4.78 is 0. The number of carbonyl (C=O) groups excluding carboxylic acids is 1. The van der Waals surface area contributed by atoms with E-state index in [9.17, 15) is 9.59 Å². The zero-order chi connectivity index (χ0) is 12.0. The second-order valence-corrected chi connectivity index (χ2v) is 3.90. The summed E-state index contributed by atoms with van der Waals surface area (Å²) in [4.78, 5) is 24.0. The predicted molar refractivity (Wildman–Crippen MR) is 58.6 cm³/mol. The van der Waals surface area contributed by atoms with Gasteiger partial charge in [0.05, 0.1) is 0 Å². The van der Waals surface area contributed by atoms with E-state index in [0.29, 0.717) is 6.42 Å². The molecule has 1 N–H and O–H groups in total. The van der Waals surface area contributed by atoms with Crippen molar-refractivity contribution >= 4 is 11.9 Å². The number of rotatable bonds is 6. The number of carboxylic acid groups (broad SMARTS) is 1. The molecule has 0 rings (SSSR count). The maximum absolute atomic E-state index is 11.8. The first kappa shape index (κ1) is 13.9. The minimum atomic E-state index is -0.933. The van der Waals surface area contributed by atoms with Crippen LogP contribution in [0.3, 0.4) is 0 Å². The van der Waals surface area contributed by atoms with Crippen LogP contribution in [0, 0.1) is 5.92 Å². The number of hydrogen-bond donors (Lipinski definition) is 1. The highest BCUT2D eigenvalue weighted by molar-refractivity contribution is 5.84. The van der Waals surface area contributed by atoms with Crippen LogP contribution in [-0.2, 0) is 9.59 Å². The van der Waals surface area contributed by atoms with Crippen molar-refractivity contribution in [2.75, 3.05) is 7.05 Å². The van der Waals surface area contributed by atoms with E-state index in [2.05, 4.69) is 0 Å². The molecule has 4 heteroatoms. The Morgan fingerprint density at radius 2 is 1.87 bits per heavy atom. The molecule has 0 radical (unpaired) electrons. The van der Waals surface area contributed by atoms with Gasteiger partial charge in [-0.1, -0.05) is 27.2 Å². The molecule has 2 unspecified atom stereocenters. The minimum Gasteiger partial charge on any atom is -0.480 e. The van der Waals surface area contributed by atoms with Gasteiger partial charge in [-0.3, -0.25) is 4.79 Å². The number of carboxylic acids is 1. The highest BCUT2D eigenvalue weighted by atomic mass is 16.4. The lowest BCUT2D eigenvalue weighted by Crippen LogP contribution is -2.44. The average molecular weight is 215 g/mol. The fourth-order valence-electron chi connectivity index (χ4n) is 1.67. The van der Waals surface area contributed by atoms with Gasteiger partial charge in [-0.25, -0.2) is 4.79 Å². The molecule has 0 saturated heterocycles. The van der Waals surface area contributed by atoms with E-state index >= 15 is 0 Å². The van der Waals surface area contributed by atoms with Crippen LogP contribution in [0.5, 0.6) is 0 Å². The fraction of sp³-hybridized carbons (Fsp3) is 0.818. The van der Waals surface area contributed by atoms with E-state index in [1.54, 1.807) is 14.0 Å². The Morgan fingerprint density at radius 3 is 2.20 bits per heavy atom. The van der Waals surface area contributed by atoms with Crippen LogP contribution in [0.1, 0.15) is 40.0 Å². The van der Waals surface area contributed by atoms with Crippen molar-refractivity contribution in [2.45, 2.75) is 46.1 Å². The molecule has 0 aromatic rings. The van der Waals surface area contributed by atoms with Crippen molar-refractivity contribution in [2.24, 2.45) is 5.92 Å². The van der Waals surface area contributed by atoms with Crippen molar-refractivity contribution in [1.29, 1.82) is 0 Å². The second kappa shape index (κ2) is 6.43. The van der Waals surface area contributed by atoms with Gasteiger partial charge in [-0.2, -0.15) is 0 Å². The van der Waals surface area contributed by atoms with Gasteiger partial charge in [-0.15, -0.1) is 0 Å². The van der Waals surface area contributed by atoms with Crippen molar-refractivity contribution in [3.8, 4) is 0 Å². The number of aliphatic carboxylic acids is 1. The summed E-state index contributed by atoms with van der Waals surface area (Å²) in [5.41, 5.74) is 0. The van der Waals surface area contributed by atoms with Gasteiger partial charge in [0.25, 0.3) is 0 Å². The lowest BCUT2D eigenvalue weighted by molar-refractivity contribution is -0.150. The number of amides is 1. The Bertz CT molecular complexity index is 228. The van der Waals surface area contributed by atoms with Gasteiger partial charge in [0.2, 0.25) is 5.91 Å². The summed E-state index contributed by atoms with van der Waals surface area (Å²) in [6.07, 6.45) is 2.18. The first-order valence-corrected chi connectivity index (χ1v) is 5.45. The molecule has 0 aliphatic carbocycles. The van der Waals surface area contributed by atoms with Gasteiger partial charge in [-0.05, 0) is 12.8 Å². The highest BCUT2D eigenvalue weighted by Gasteiger charge is 2.27. The standard InChI is InChI=1S/C11H21NO3/c1-5-7-8(3)10(13)12(4)9(6-2)11(14)15/h8-9H,5-7H2,1-4H3,(H,14,15). The summed E-state index contributed by atoms with van der Waals surface area (Å²) in [6, 6.07) is -0.697. The number of likely N-dealkylation sites (N-methyl/N-ethyl adjacent to an activating group) is 1. The third-order valence-corrected chi connectivity index (χ3v) is 2.63. The van der Waals surface area contributed by atoms with Crippen LogP contribution >= 0.6 is 0 Å². The van der Waals surface area contributed by atoms with E-state index in [4.69, 9.17) is 5.11 Å². The lowest BCUT2D eigenvalue weighted by Gasteiger charge is -2.26. The summed E-state index contributed by atoms with van der Waals surface area (Å²) in [5.74, 6) is -1.10. The van der Waals surface area contributed by atoms with E-state index in [1.165, 1.54) is 4.90 Å². The van der Waals surface area contributed by atoms with Crippen molar-refractivity contribution in [3.05, 3.63) is 0 Å². The summed E-state index contributed by atoms with van der Waals surface area (Å²) in [6.45, 7) is 5.63. The molecule has 0 heterocycles. The quantitative estimate of drug-likeness (QED) is 0.734. The molecule has 4 nitrogen and oxygen atoms in total. The van der Waals surface area contributed by atoms with Gasteiger partial charge in [0.15, 0.2) is 0 Å². The maximum Gasteiger partial charge on any atom is 0.326 e. The summed E-state index contributed by atoms with van der Waals surface area (Å²) in [5, 5.41) is 8.91. The molecule has 15 heavy (non-hydrogen) atoms. The van der Waals surface area contributed by atoms with Crippen molar-refractivity contribution in [3.63, 3.8) is 0 Å². The van der Waals surface area contributed by atoms with Crippen molar-refractivity contribution < 1.29 is 14.7 Å². The summed E-state index contributed by atoms with van der Waals surface area (Å²) in [7, 11) is 1.57. The first-order chi connectivity index (χ1) is 6.95. The van der Waals surface area contributed by atoms with Crippen LogP contribution in [0.15, 0.2) is 0 Å². The molecule has 2 atom stereocenters. The molecular formula is C11H21NO3. The molecule has 0 spiro atoms. The van der Waals surface area contributed by atoms with Crippen LogP contribution in [0.2, 0.25) is 0 Å². The number of carbonyl (C=O) groups is 2. The van der Waals surface area contributed by atoms with E-state index in [1.807, 2.05) is 13.8 Å². The Balaban J connectivity index is 4.47. The Labute approximate surface area is 91.3 Å². The van der Waals surface area contributed by atoms with Gasteiger partial charge >= 0.3 is 5.97 Å². The molecule has 0 fully saturated rings. The van der Waals surface area contributed by atoms with Gasteiger partial charge < -0.3 is 10.0 Å².